The molecule has 72 valence electrons. The van der Waals surface area contributed by atoms with Crippen molar-refractivity contribution < 1.29 is 5.11 Å². The van der Waals surface area contributed by atoms with E-state index in [1.807, 2.05) is 30.3 Å². The van der Waals surface area contributed by atoms with Crippen molar-refractivity contribution in [1.29, 1.82) is 0 Å². The molecule has 1 aromatic rings. The molecule has 0 saturated carbocycles. The van der Waals surface area contributed by atoms with Gasteiger partial charge in [-0.15, -0.1) is 0 Å². The maximum Gasteiger partial charge on any atom is 0.0615 e. The van der Waals surface area contributed by atoms with Crippen molar-refractivity contribution in [2.24, 2.45) is 0 Å². The third-order valence-corrected chi connectivity index (χ3v) is 2.60. The van der Waals surface area contributed by atoms with Gasteiger partial charge in [-0.1, -0.05) is 43.0 Å². The lowest BCUT2D eigenvalue weighted by Crippen LogP contribution is -1.99. The summed E-state index contributed by atoms with van der Waals surface area (Å²) >= 11 is 0. The molecule has 1 atom stereocenters. The van der Waals surface area contributed by atoms with Crippen molar-refractivity contribution in [3.63, 3.8) is 0 Å². The fourth-order valence-electron chi connectivity index (χ4n) is 1.77. The van der Waals surface area contributed by atoms with Crippen LogP contribution in [0.3, 0.4) is 0 Å². The average Bonchev–Trinajstić information content (AvgIpc) is 2.65. The molecule has 0 aliphatic heterocycles. The van der Waals surface area contributed by atoms with E-state index >= 15 is 0 Å². The summed E-state index contributed by atoms with van der Waals surface area (Å²) in [5, 5.41) is 9.40. The molecule has 1 aromatic carbocycles. The Morgan fingerprint density at radius 2 is 2.00 bits per heavy atom. The quantitative estimate of drug-likeness (QED) is 0.753. The summed E-state index contributed by atoms with van der Waals surface area (Å²) < 4.78 is 0. The number of hydrogen-bond acceptors (Lipinski definition) is 1. The van der Waals surface area contributed by atoms with E-state index in [4.69, 9.17) is 0 Å². The molecule has 1 N–H and O–H groups in total. The van der Waals surface area contributed by atoms with Gasteiger partial charge in [-0.3, -0.25) is 0 Å². The minimum absolute atomic E-state index is 0.203. The fraction of sp³-hybridized carbons (Fsp3) is 0.231. The van der Waals surface area contributed by atoms with E-state index in [1.54, 1.807) is 0 Å². The molecule has 2 rings (SSSR count). The fourth-order valence-corrected chi connectivity index (χ4v) is 1.77. The van der Waals surface area contributed by atoms with Crippen LogP contribution in [0.4, 0.5) is 0 Å². The molecule has 0 heterocycles. The average molecular weight is 186 g/mol. The van der Waals surface area contributed by atoms with Crippen molar-refractivity contribution in [2.75, 3.05) is 0 Å². The molecule has 0 aromatic heterocycles. The Morgan fingerprint density at radius 3 is 2.57 bits per heavy atom. The van der Waals surface area contributed by atoms with Gasteiger partial charge in [-0.25, -0.2) is 0 Å². The lowest BCUT2D eigenvalue weighted by atomic mass is 9.99. The van der Waals surface area contributed by atoms with Crippen LogP contribution in [0.1, 0.15) is 18.4 Å². The largest absolute Gasteiger partial charge is 0.392 e. The van der Waals surface area contributed by atoms with E-state index in [2.05, 4.69) is 12.7 Å². The number of allylic oxidation sites excluding steroid dienone is 1. The minimum atomic E-state index is -0.203. The van der Waals surface area contributed by atoms with E-state index in [1.165, 1.54) is 5.57 Å². The Hall–Kier alpha value is -1.34. The van der Waals surface area contributed by atoms with E-state index in [0.29, 0.717) is 0 Å². The Kier molecular flexibility index (Phi) is 2.51. The molecule has 0 bridgehead atoms. The second-order valence-electron chi connectivity index (χ2n) is 3.67. The molecule has 0 spiro atoms. The van der Waals surface area contributed by atoms with Crippen LogP contribution in [0.5, 0.6) is 0 Å². The Labute approximate surface area is 84.4 Å². The van der Waals surface area contributed by atoms with Crippen molar-refractivity contribution in [2.45, 2.75) is 18.9 Å². The van der Waals surface area contributed by atoms with Gasteiger partial charge in [0.1, 0.15) is 0 Å². The molecule has 0 amide bonds. The van der Waals surface area contributed by atoms with E-state index in [-0.39, 0.29) is 6.10 Å². The van der Waals surface area contributed by atoms with Gasteiger partial charge in [-0.2, -0.15) is 0 Å². The normalized spacial score (nSPS) is 20.6. The Morgan fingerprint density at radius 1 is 1.29 bits per heavy atom. The second-order valence-corrected chi connectivity index (χ2v) is 3.67. The number of aliphatic hydroxyl groups is 1. The second kappa shape index (κ2) is 3.81. The van der Waals surface area contributed by atoms with Crippen molar-refractivity contribution in [3.8, 4) is 0 Å². The van der Waals surface area contributed by atoms with Gasteiger partial charge in [-0.05, 0) is 29.6 Å². The first-order chi connectivity index (χ1) is 6.77. The summed E-state index contributed by atoms with van der Waals surface area (Å²) in [5.41, 5.74) is 3.37. The SMILES string of the molecule is C=C(C1=CCC(O)C1)c1ccccc1. The highest BCUT2D eigenvalue weighted by Crippen LogP contribution is 2.30. The first-order valence-electron chi connectivity index (χ1n) is 4.89. The van der Waals surface area contributed by atoms with Gasteiger partial charge in [0.15, 0.2) is 0 Å². The zero-order chi connectivity index (χ0) is 9.97. The van der Waals surface area contributed by atoms with Gasteiger partial charge < -0.3 is 5.11 Å². The third kappa shape index (κ3) is 1.78. The van der Waals surface area contributed by atoms with Crippen LogP contribution >= 0.6 is 0 Å². The lowest BCUT2D eigenvalue weighted by Gasteiger charge is -2.07. The van der Waals surface area contributed by atoms with E-state index < -0.39 is 0 Å². The molecular weight excluding hydrogens is 172 g/mol. The van der Waals surface area contributed by atoms with Crippen LogP contribution < -0.4 is 0 Å². The molecule has 0 radical (unpaired) electrons. The van der Waals surface area contributed by atoms with Gasteiger partial charge in [0, 0.05) is 0 Å². The molecule has 1 heteroatoms. The van der Waals surface area contributed by atoms with Crippen LogP contribution in [-0.2, 0) is 0 Å². The van der Waals surface area contributed by atoms with Crippen molar-refractivity contribution in [3.05, 3.63) is 54.1 Å². The van der Waals surface area contributed by atoms with Crippen molar-refractivity contribution >= 4 is 5.57 Å². The molecule has 0 fully saturated rings. The lowest BCUT2D eigenvalue weighted by molar-refractivity contribution is 0.188. The smallest absolute Gasteiger partial charge is 0.0615 e. The van der Waals surface area contributed by atoms with Crippen LogP contribution in [0, 0.1) is 0 Å². The van der Waals surface area contributed by atoms with Crippen LogP contribution in [0.2, 0.25) is 0 Å². The number of rotatable bonds is 2. The molecular formula is C13H14O. The Bertz CT molecular complexity index is 362. The Balaban J connectivity index is 2.18. The van der Waals surface area contributed by atoms with Gasteiger partial charge in [0.25, 0.3) is 0 Å². The summed E-state index contributed by atoms with van der Waals surface area (Å²) in [7, 11) is 0. The van der Waals surface area contributed by atoms with Crippen LogP contribution in [0.25, 0.3) is 5.57 Å². The number of hydrogen-bond donors (Lipinski definition) is 1. The van der Waals surface area contributed by atoms with Crippen LogP contribution in [0.15, 0.2) is 48.6 Å². The van der Waals surface area contributed by atoms with Gasteiger partial charge >= 0.3 is 0 Å². The minimum Gasteiger partial charge on any atom is -0.392 e. The zero-order valence-corrected chi connectivity index (χ0v) is 8.11. The first-order valence-corrected chi connectivity index (χ1v) is 4.89. The molecule has 1 nitrogen and oxygen atoms in total. The maximum atomic E-state index is 9.40. The predicted octanol–water partition coefficient (Wildman–Crippen LogP) is 2.78. The summed E-state index contributed by atoms with van der Waals surface area (Å²) in [5.74, 6) is 0. The van der Waals surface area contributed by atoms with E-state index in [9.17, 15) is 5.11 Å². The third-order valence-electron chi connectivity index (χ3n) is 2.60. The number of benzene rings is 1. The molecule has 14 heavy (non-hydrogen) atoms. The summed E-state index contributed by atoms with van der Waals surface area (Å²) in [6.07, 6.45) is 3.39. The molecule has 0 saturated heterocycles. The van der Waals surface area contributed by atoms with Crippen LogP contribution in [-0.4, -0.2) is 11.2 Å². The number of aliphatic hydroxyl groups excluding tert-OH is 1. The molecule has 1 unspecified atom stereocenters. The van der Waals surface area contributed by atoms with E-state index in [0.717, 1.165) is 24.0 Å². The molecule has 1 aliphatic carbocycles. The summed E-state index contributed by atoms with van der Waals surface area (Å²) in [6, 6.07) is 10.1. The maximum absolute atomic E-state index is 9.40. The van der Waals surface area contributed by atoms with Gasteiger partial charge in [0.05, 0.1) is 6.10 Å². The van der Waals surface area contributed by atoms with Gasteiger partial charge in [0.2, 0.25) is 0 Å². The first kappa shape index (κ1) is 9.22. The summed E-state index contributed by atoms with van der Waals surface area (Å²) in [4.78, 5) is 0. The highest BCUT2D eigenvalue weighted by molar-refractivity contribution is 5.77. The predicted molar refractivity (Wildman–Crippen MR) is 58.8 cm³/mol. The summed E-state index contributed by atoms with van der Waals surface area (Å²) in [6.45, 7) is 4.06. The highest BCUT2D eigenvalue weighted by atomic mass is 16.3. The molecule has 1 aliphatic rings. The zero-order valence-electron chi connectivity index (χ0n) is 8.11. The standard InChI is InChI=1S/C13H14O/c1-10(11-5-3-2-4-6-11)12-7-8-13(14)9-12/h2-7,13-14H,1,8-9H2. The monoisotopic (exact) mass is 186 g/mol. The topological polar surface area (TPSA) is 20.2 Å². The highest BCUT2D eigenvalue weighted by Gasteiger charge is 2.16. The van der Waals surface area contributed by atoms with Crippen molar-refractivity contribution in [1.82, 2.24) is 0 Å².